The van der Waals surface area contributed by atoms with Gasteiger partial charge < -0.3 is 9.64 Å². The predicted molar refractivity (Wildman–Crippen MR) is 97.0 cm³/mol. The number of rotatable bonds is 3. The molecule has 0 saturated carbocycles. The SMILES string of the molecule is Cc1cccc(N2C(=O)c3cccnc3C2CC(=O)N2CCOCC2)c1. The van der Waals surface area contributed by atoms with E-state index >= 15 is 0 Å². The minimum Gasteiger partial charge on any atom is -0.378 e. The van der Waals surface area contributed by atoms with Crippen LogP contribution in [0.5, 0.6) is 0 Å². The number of benzene rings is 1. The number of carbonyl (C=O) groups excluding carboxylic acids is 2. The Hall–Kier alpha value is -2.73. The van der Waals surface area contributed by atoms with Crippen LogP contribution in [-0.4, -0.2) is 48.0 Å². The molecule has 1 aromatic heterocycles. The maximum absolute atomic E-state index is 13.0. The van der Waals surface area contributed by atoms with E-state index in [1.165, 1.54) is 0 Å². The zero-order valence-electron chi connectivity index (χ0n) is 14.7. The van der Waals surface area contributed by atoms with Gasteiger partial charge in [-0.3, -0.25) is 19.5 Å². The molecule has 6 heteroatoms. The fourth-order valence-corrected chi connectivity index (χ4v) is 3.63. The Morgan fingerprint density at radius 2 is 2.04 bits per heavy atom. The summed E-state index contributed by atoms with van der Waals surface area (Å²) in [5.41, 5.74) is 3.12. The van der Waals surface area contributed by atoms with Crippen molar-refractivity contribution in [3.8, 4) is 0 Å². The van der Waals surface area contributed by atoms with Gasteiger partial charge in [-0.1, -0.05) is 12.1 Å². The Morgan fingerprint density at radius 3 is 2.81 bits per heavy atom. The van der Waals surface area contributed by atoms with Crippen molar-refractivity contribution < 1.29 is 14.3 Å². The molecule has 2 aliphatic rings. The molecule has 1 saturated heterocycles. The van der Waals surface area contributed by atoms with Gasteiger partial charge in [0, 0.05) is 25.0 Å². The van der Waals surface area contributed by atoms with Gasteiger partial charge in [-0.05, 0) is 36.8 Å². The van der Waals surface area contributed by atoms with Gasteiger partial charge >= 0.3 is 0 Å². The summed E-state index contributed by atoms with van der Waals surface area (Å²) in [6, 6.07) is 11.0. The maximum Gasteiger partial charge on any atom is 0.260 e. The molecule has 2 aromatic rings. The maximum atomic E-state index is 13.0. The van der Waals surface area contributed by atoms with Crippen molar-refractivity contribution in [1.29, 1.82) is 0 Å². The summed E-state index contributed by atoms with van der Waals surface area (Å²) in [6.45, 7) is 4.30. The van der Waals surface area contributed by atoms with Crippen LogP contribution in [0.25, 0.3) is 0 Å². The van der Waals surface area contributed by atoms with E-state index in [-0.39, 0.29) is 24.3 Å². The smallest absolute Gasteiger partial charge is 0.260 e. The van der Waals surface area contributed by atoms with Gasteiger partial charge in [-0.15, -0.1) is 0 Å². The zero-order valence-corrected chi connectivity index (χ0v) is 14.7. The molecule has 1 aromatic carbocycles. The van der Waals surface area contributed by atoms with E-state index in [0.29, 0.717) is 37.6 Å². The summed E-state index contributed by atoms with van der Waals surface area (Å²) in [4.78, 5) is 33.8. The third kappa shape index (κ3) is 2.97. The molecule has 3 heterocycles. The van der Waals surface area contributed by atoms with Crippen molar-refractivity contribution in [3.63, 3.8) is 0 Å². The molecule has 1 atom stereocenters. The molecule has 0 bridgehead atoms. The highest BCUT2D eigenvalue weighted by Gasteiger charge is 2.40. The molecule has 4 rings (SSSR count). The van der Waals surface area contributed by atoms with Gasteiger partial charge in [0.2, 0.25) is 5.91 Å². The van der Waals surface area contributed by atoms with E-state index in [4.69, 9.17) is 4.74 Å². The lowest BCUT2D eigenvalue weighted by Gasteiger charge is -2.30. The van der Waals surface area contributed by atoms with Gasteiger partial charge in [0.25, 0.3) is 5.91 Å². The van der Waals surface area contributed by atoms with Crippen LogP contribution in [0.4, 0.5) is 5.69 Å². The van der Waals surface area contributed by atoms with Crippen molar-refractivity contribution in [1.82, 2.24) is 9.88 Å². The third-order valence-corrected chi connectivity index (χ3v) is 4.93. The van der Waals surface area contributed by atoms with Gasteiger partial charge in [0.05, 0.1) is 36.9 Å². The number of hydrogen-bond acceptors (Lipinski definition) is 4. The molecule has 0 radical (unpaired) electrons. The van der Waals surface area contributed by atoms with E-state index in [0.717, 1.165) is 11.3 Å². The minimum atomic E-state index is -0.379. The van der Waals surface area contributed by atoms with E-state index in [1.54, 1.807) is 23.2 Å². The van der Waals surface area contributed by atoms with E-state index in [1.807, 2.05) is 36.1 Å². The highest BCUT2D eigenvalue weighted by Crippen LogP contribution is 2.38. The summed E-state index contributed by atoms with van der Waals surface area (Å²) in [6.07, 6.45) is 1.90. The minimum absolute atomic E-state index is 0.0299. The summed E-state index contributed by atoms with van der Waals surface area (Å²) < 4.78 is 5.33. The van der Waals surface area contributed by atoms with Crippen LogP contribution in [0.15, 0.2) is 42.6 Å². The predicted octanol–water partition coefficient (Wildman–Crippen LogP) is 2.34. The Kier molecular flexibility index (Phi) is 4.42. The Morgan fingerprint density at radius 1 is 1.23 bits per heavy atom. The molecule has 1 fully saturated rings. The number of morpholine rings is 1. The van der Waals surface area contributed by atoms with Crippen molar-refractivity contribution in [2.75, 3.05) is 31.2 Å². The van der Waals surface area contributed by atoms with Crippen molar-refractivity contribution >= 4 is 17.5 Å². The number of fused-ring (bicyclic) bond motifs is 1. The number of aryl methyl sites for hydroxylation is 1. The van der Waals surface area contributed by atoms with Crippen LogP contribution in [0.1, 0.15) is 34.1 Å². The lowest BCUT2D eigenvalue weighted by Crippen LogP contribution is -2.42. The summed E-state index contributed by atoms with van der Waals surface area (Å²) in [5.74, 6) is -0.0688. The molecule has 0 aliphatic carbocycles. The van der Waals surface area contributed by atoms with Gasteiger partial charge in [0.1, 0.15) is 0 Å². The normalized spacial score (nSPS) is 19.6. The lowest BCUT2D eigenvalue weighted by atomic mass is 10.1. The molecular formula is C20H21N3O3. The second-order valence-corrected chi connectivity index (χ2v) is 6.66. The number of pyridine rings is 1. The standard InChI is InChI=1S/C20H21N3O3/c1-14-4-2-5-15(12-14)23-17(13-18(24)22-8-10-26-11-9-22)19-16(20(23)25)6-3-7-21-19/h2-7,12,17H,8-11,13H2,1H3. The second-order valence-electron chi connectivity index (χ2n) is 6.66. The third-order valence-electron chi connectivity index (χ3n) is 4.93. The Labute approximate surface area is 152 Å². The van der Waals surface area contributed by atoms with Crippen LogP contribution in [0.3, 0.4) is 0 Å². The monoisotopic (exact) mass is 351 g/mol. The molecule has 1 unspecified atom stereocenters. The number of hydrogen-bond donors (Lipinski definition) is 0. The molecule has 134 valence electrons. The molecule has 6 nitrogen and oxygen atoms in total. The fourth-order valence-electron chi connectivity index (χ4n) is 3.63. The highest BCUT2D eigenvalue weighted by atomic mass is 16.5. The molecule has 2 amide bonds. The van der Waals surface area contributed by atoms with Crippen molar-refractivity contribution in [2.24, 2.45) is 0 Å². The first-order valence-electron chi connectivity index (χ1n) is 8.86. The van der Waals surface area contributed by atoms with E-state index in [2.05, 4.69) is 4.98 Å². The number of carbonyl (C=O) groups is 2. The van der Waals surface area contributed by atoms with Crippen LogP contribution < -0.4 is 4.90 Å². The zero-order chi connectivity index (χ0) is 18.1. The number of anilines is 1. The quantitative estimate of drug-likeness (QED) is 0.851. The number of nitrogens with zero attached hydrogens (tertiary/aromatic N) is 3. The molecule has 26 heavy (non-hydrogen) atoms. The van der Waals surface area contributed by atoms with Gasteiger partial charge in [-0.25, -0.2) is 0 Å². The topological polar surface area (TPSA) is 62.7 Å². The average molecular weight is 351 g/mol. The average Bonchev–Trinajstić information content (AvgIpc) is 2.95. The summed E-state index contributed by atoms with van der Waals surface area (Å²) in [7, 11) is 0. The summed E-state index contributed by atoms with van der Waals surface area (Å²) >= 11 is 0. The molecule has 2 aliphatic heterocycles. The number of amides is 2. The van der Waals surface area contributed by atoms with Crippen LogP contribution in [0.2, 0.25) is 0 Å². The summed E-state index contributed by atoms with van der Waals surface area (Å²) in [5, 5.41) is 0. The van der Waals surface area contributed by atoms with Crippen LogP contribution in [-0.2, 0) is 9.53 Å². The van der Waals surface area contributed by atoms with Crippen molar-refractivity contribution in [3.05, 3.63) is 59.4 Å². The van der Waals surface area contributed by atoms with E-state index in [9.17, 15) is 9.59 Å². The highest BCUT2D eigenvalue weighted by molar-refractivity contribution is 6.11. The van der Waals surface area contributed by atoms with Crippen LogP contribution >= 0.6 is 0 Å². The Balaban J connectivity index is 1.68. The van der Waals surface area contributed by atoms with Crippen LogP contribution in [0, 0.1) is 6.92 Å². The number of ether oxygens (including phenoxy) is 1. The first-order valence-corrected chi connectivity index (χ1v) is 8.86. The van der Waals surface area contributed by atoms with Crippen molar-refractivity contribution in [2.45, 2.75) is 19.4 Å². The molecular weight excluding hydrogens is 330 g/mol. The Bertz CT molecular complexity index is 846. The first kappa shape index (κ1) is 16.7. The molecule has 0 spiro atoms. The second kappa shape index (κ2) is 6.88. The lowest BCUT2D eigenvalue weighted by molar-refractivity contribution is -0.135. The largest absolute Gasteiger partial charge is 0.378 e. The first-order chi connectivity index (χ1) is 12.6. The fraction of sp³-hybridized carbons (Fsp3) is 0.350. The van der Waals surface area contributed by atoms with E-state index < -0.39 is 0 Å². The number of aromatic nitrogens is 1. The van der Waals surface area contributed by atoms with Gasteiger partial charge in [0.15, 0.2) is 0 Å². The van der Waals surface area contributed by atoms with Gasteiger partial charge in [-0.2, -0.15) is 0 Å². The molecule has 0 N–H and O–H groups in total.